The minimum absolute atomic E-state index is 0.213. The van der Waals surface area contributed by atoms with E-state index in [1.54, 1.807) is 24.3 Å². The van der Waals surface area contributed by atoms with Gasteiger partial charge in [0.15, 0.2) is 0 Å². The first-order valence-electron chi connectivity index (χ1n) is 7.02. The summed E-state index contributed by atoms with van der Waals surface area (Å²) in [4.78, 5) is 10.7. The number of sulfonamides is 1. The highest BCUT2D eigenvalue weighted by molar-refractivity contribution is 7.92. The Hall–Kier alpha value is -3.00. The predicted octanol–water partition coefficient (Wildman–Crippen LogP) is 3.62. The van der Waals surface area contributed by atoms with Crippen molar-refractivity contribution in [2.24, 2.45) is 0 Å². The van der Waals surface area contributed by atoms with Crippen LogP contribution in [0.15, 0.2) is 59.5 Å². The van der Waals surface area contributed by atoms with Crippen molar-refractivity contribution in [3.63, 3.8) is 0 Å². The van der Waals surface area contributed by atoms with Gasteiger partial charge in [-0.3, -0.25) is 4.72 Å². The molecule has 0 aromatic heterocycles. The quantitative estimate of drug-likeness (QED) is 0.742. The molecule has 0 fully saturated rings. The van der Waals surface area contributed by atoms with E-state index in [4.69, 9.17) is 0 Å². The average Bonchev–Trinajstić information content (AvgIpc) is 2.53. The lowest BCUT2D eigenvalue weighted by Crippen LogP contribution is -2.17. The van der Waals surface area contributed by atoms with Crippen molar-refractivity contribution in [3.05, 3.63) is 71.8 Å². The van der Waals surface area contributed by atoms with Crippen LogP contribution in [0.1, 0.15) is 10.4 Å². The number of nitrogens with one attached hydrogen (secondary N) is 1. The summed E-state index contributed by atoms with van der Waals surface area (Å²) in [6, 6.07) is 11.5. The van der Waals surface area contributed by atoms with Gasteiger partial charge in [-0.25, -0.2) is 22.0 Å². The number of fused-ring (bicyclic) bond motifs is 1. The Balaban J connectivity index is 2.12. The Bertz CT molecular complexity index is 1100. The fourth-order valence-corrected chi connectivity index (χ4v) is 3.53. The monoisotopic (exact) mass is 363 g/mol. The SMILES string of the molecule is O=C(O)c1cc2ccccc2cc1NS(=O)(=O)c1ccc(F)cc1F. The Morgan fingerprint density at radius 2 is 1.60 bits per heavy atom. The van der Waals surface area contributed by atoms with Crippen LogP contribution in [0.25, 0.3) is 10.8 Å². The summed E-state index contributed by atoms with van der Waals surface area (Å²) < 4.78 is 53.6. The number of hydrogen-bond acceptors (Lipinski definition) is 3. The van der Waals surface area contributed by atoms with Crippen LogP contribution in [0, 0.1) is 11.6 Å². The number of hydrogen-bond donors (Lipinski definition) is 2. The van der Waals surface area contributed by atoms with Crippen molar-refractivity contribution in [1.29, 1.82) is 0 Å². The zero-order valence-electron chi connectivity index (χ0n) is 12.5. The molecule has 0 aliphatic heterocycles. The molecule has 3 aromatic carbocycles. The largest absolute Gasteiger partial charge is 0.478 e. The molecule has 8 heteroatoms. The van der Waals surface area contributed by atoms with Crippen molar-refractivity contribution >= 4 is 32.5 Å². The smallest absolute Gasteiger partial charge is 0.337 e. The zero-order valence-corrected chi connectivity index (χ0v) is 13.3. The second-order valence-corrected chi connectivity index (χ2v) is 6.88. The summed E-state index contributed by atoms with van der Waals surface area (Å²) in [7, 11) is -4.44. The standard InChI is InChI=1S/C17H11F2NO4S/c18-12-5-6-16(14(19)9-12)25(23,24)20-15-8-11-4-2-1-3-10(11)7-13(15)17(21)22/h1-9,20H,(H,21,22). The molecule has 0 saturated carbocycles. The molecule has 0 saturated heterocycles. The van der Waals surface area contributed by atoms with Gasteiger partial charge in [-0.2, -0.15) is 0 Å². The number of carboxylic acid groups (broad SMARTS) is 1. The molecule has 3 rings (SSSR count). The first-order valence-corrected chi connectivity index (χ1v) is 8.50. The van der Waals surface area contributed by atoms with Gasteiger partial charge in [0.1, 0.15) is 16.5 Å². The molecule has 0 amide bonds. The molecule has 0 heterocycles. The van der Waals surface area contributed by atoms with Gasteiger partial charge in [0, 0.05) is 6.07 Å². The van der Waals surface area contributed by atoms with Crippen LogP contribution < -0.4 is 4.72 Å². The topological polar surface area (TPSA) is 83.5 Å². The molecule has 0 aliphatic rings. The molecule has 0 spiro atoms. The summed E-state index contributed by atoms with van der Waals surface area (Å²) in [6.45, 7) is 0. The minimum Gasteiger partial charge on any atom is -0.478 e. The lowest BCUT2D eigenvalue weighted by atomic mass is 10.1. The van der Waals surface area contributed by atoms with E-state index < -0.39 is 32.5 Å². The van der Waals surface area contributed by atoms with Gasteiger partial charge in [-0.15, -0.1) is 0 Å². The maximum atomic E-state index is 13.8. The van der Waals surface area contributed by atoms with Crippen LogP contribution >= 0.6 is 0 Å². The van der Waals surface area contributed by atoms with Gasteiger partial charge in [0.05, 0.1) is 11.3 Å². The van der Waals surface area contributed by atoms with Crippen molar-refractivity contribution in [2.75, 3.05) is 4.72 Å². The van der Waals surface area contributed by atoms with E-state index in [2.05, 4.69) is 4.72 Å². The van der Waals surface area contributed by atoms with Crippen LogP contribution in [0.2, 0.25) is 0 Å². The van der Waals surface area contributed by atoms with Gasteiger partial charge in [0.2, 0.25) is 0 Å². The van der Waals surface area contributed by atoms with E-state index in [0.29, 0.717) is 16.8 Å². The fraction of sp³-hybridized carbons (Fsp3) is 0. The third-order valence-electron chi connectivity index (χ3n) is 3.54. The molecule has 2 N–H and O–H groups in total. The third-order valence-corrected chi connectivity index (χ3v) is 4.94. The second-order valence-electron chi connectivity index (χ2n) is 5.23. The summed E-state index contributed by atoms with van der Waals surface area (Å²) in [5.74, 6) is -3.54. The molecular formula is C17H11F2NO4S. The molecule has 0 radical (unpaired) electrons. The van der Waals surface area contributed by atoms with Crippen molar-refractivity contribution < 1.29 is 27.1 Å². The molecule has 0 bridgehead atoms. The van der Waals surface area contributed by atoms with Crippen LogP contribution in [0.3, 0.4) is 0 Å². The van der Waals surface area contributed by atoms with Crippen LogP contribution in [0.5, 0.6) is 0 Å². The Labute approximate surface area is 141 Å². The summed E-state index contributed by atoms with van der Waals surface area (Å²) in [5, 5.41) is 10.5. The van der Waals surface area contributed by atoms with Gasteiger partial charge >= 0.3 is 5.97 Å². The molecule has 128 valence electrons. The number of rotatable bonds is 4. The lowest BCUT2D eigenvalue weighted by Gasteiger charge is -2.12. The van der Waals surface area contributed by atoms with Gasteiger partial charge in [-0.1, -0.05) is 24.3 Å². The van der Waals surface area contributed by atoms with Gasteiger partial charge in [-0.05, 0) is 35.0 Å². The maximum Gasteiger partial charge on any atom is 0.337 e. The number of carbonyl (C=O) groups is 1. The molecule has 0 atom stereocenters. The van der Waals surface area contributed by atoms with E-state index in [0.717, 1.165) is 12.1 Å². The fourth-order valence-electron chi connectivity index (χ4n) is 2.39. The van der Waals surface area contributed by atoms with Gasteiger partial charge < -0.3 is 5.11 Å². The van der Waals surface area contributed by atoms with Crippen molar-refractivity contribution in [1.82, 2.24) is 0 Å². The van der Waals surface area contributed by atoms with Gasteiger partial charge in [0.25, 0.3) is 10.0 Å². The molecule has 0 aliphatic carbocycles. The highest BCUT2D eigenvalue weighted by Gasteiger charge is 2.22. The van der Waals surface area contributed by atoms with E-state index >= 15 is 0 Å². The lowest BCUT2D eigenvalue weighted by molar-refractivity contribution is 0.0698. The molecular weight excluding hydrogens is 352 g/mol. The first-order chi connectivity index (χ1) is 11.8. The number of benzene rings is 3. The Morgan fingerprint density at radius 1 is 0.960 bits per heavy atom. The normalized spacial score (nSPS) is 11.4. The van der Waals surface area contributed by atoms with Crippen molar-refractivity contribution in [2.45, 2.75) is 4.90 Å². The first kappa shape index (κ1) is 16.8. The number of carboxylic acids is 1. The number of anilines is 1. The van der Waals surface area contributed by atoms with Crippen LogP contribution in [-0.2, 0) is 10.0 Å². The van der Waals surface area contributed by atoms with E-state index in [9.17, 15) is 27.1 Å². The van der Waals surface area contributed by atoms with Crippen LogP contribution in [-0.4, -0.2) is 19.5 Å². The molecule has 25 heavy (non-hydrogen) atoms. The highest BCUT2D eigenvalue weighted by Crippen LogP contribution is 2.27. The predicted molar refractivity (Wildman–Crippen MR) is 88.1 cm³/mol. The van der Waals surface area contributed by atoms with E-state index in [-0.39, 0.29) is 11.3 Å². The zero-order chi connectivity index (χ0) is 18.2. The number of halogens is 2. The Morgan fingerprint density at radius 3 is 2.20 bits per heavy atom. The maximum absolute atomic E-state index is 13.8. The molecule has 3 aromatic rings. The number of aromatic carboxylic acids is 1. The second kappa shape index (κ2) is 6.14. The van der Waals surface area contributed by atoms with Crippen molar-refractivity contribution in [3.8, 4) is 0 Å². The highest BCUT2D eigenvalue weighted by atomic mass is 32.2. The average molecular weight is 363 g/mol. The third kappa shape index (κ3) is 3.29. The summed E-state index contributed by atoms with van der Waals surface area (Å²) in [6.07, 6.45) is 0. The summed E-state index contributed by atoms with van der Waals surface area (Å²) in [5.41, 5.74) is -0.500. The molecule has 0 unspecified atom stereocenters. The summed E-state index contributed by atoms with van der Waals surface area (Å²) >= 11 is 0. The minimum atomic E-state index is -4.44. The molecule has 5 nitrogen and oxygen atoms in total. The van der Waals surface area contributed by atoms with Crippen LogP contribution in [0.4, 0.5) is 14.5 Å². The Kier molecular flexibility index (Phi) is 4.13. The van der Waals surface area contributed by atoms with E-state index in [1.807, 2.05) is 0 Å². The van der Waals surface area contributed by atoms with E-state index in [1.165, 1.54) is 12.1 Å².